The summed E-state index contributed by atoms with van der Waals surface area (Å²) in [6.07, 6.45) is 0.607. The molecule has 0 atom stereocenters. The molecular formula is C33H23Cl2NO2P+. The number of nitrogens with zero attached hydrogens (tertiary/aromatic N) is 1. The Labute approximate surface area is 238 Å². The van der Waals surface area contributed by atoms with E-state index >= 15 is 0 Å². The van der Waals surface area contributed by atoms with Gasteiger partial charge >= 0.3 is 0 Å². The SMILES string of the molecule is O=C1c2c(Cl)ccc(Cl)c2C(=O)N1c1ccccc1C[P+](c1ccccc1)(c1ccccc1)c1ccccc1. The lowest BCUT2D eigenvalue weighted by atomic mass is 10.1. The second-order valence-corrected chi connectivity index (χ2v) is 13.6. The molecule has 0 saturated heterocycles. The van der Waals surface area contributed by atoms with Gasteiger partial charge in [0.1, 0.15) is 29.3 Å². The first-order chi connectivity index (χ1) is 19.0. The summed E-state index contributed by atoms with van der Waals surface area (Å²) in [6.45, 7) is 0. The van der Waals surface area contributed by atoms with Gasteiger partial charge in [-0.15, -0.1) is 0 Å². The Balaban J connectivity index is 1.57. The van der Waals surface area contributed by atoms with Crippen LogP contribution < -0.4 is 20.8 Å². The molecule has 0 bridgehead atoms. The van der Waals surface area contributed by atoms with Gasteiger partial charge in [0.05, 0.1) is 26.9 Å². The summed E-state index contributed by atoms with van der Waals surface area (Å²) < 4.78 is 0. The molecular weight excluding hydrogens is 544 g/mol. The number of imide groups is 1. The van der Waals surface area contributed by atoms with Gasteiger partial charge < -0.3 is 0 Å². The molecule has 0 aliphatic carbocycles. The van der Waals surface area contributed by atoms with Crippen LogP contribution in [0.2, 0.25) is 10.0 Å². The molecule has 6 rings (SSSR count). The summed E-state index contributed by atoms with van der Waals surface area (Å²) >= 11 is 12.8. The highest BCUT2D eigenvalue weighted by molar-refractivity contribution is 7.95. The molecule has 39 heavy (non-hydrogen) atoms. The Bertz CT molecular complexity index is 1550. The van der Waals surface area contributed by atoms with Crippen molar-refractivity contribution in [3.8, 4) is 0 Å². The molecule has 0 saturated carbocycles. The number of halogens is 2. The van der Waals surface area contributed by atoms with Crippen LogP contribution in [-0.4, -0.2) is 11.8 Å². The maximum atomic E-state index is 13.7. The number of anilines is 1. The quantitative estimate of drug-likeness (QED) is 0.160. The van der Waals surface area contributed by atoms with E-state index in [0.29, 0.717) is 11.8 Å². The molecule has 2 amide bonds. The van der Waals surface area contributed by atoms with Crippen molar-refractivity contribution in [1.29, 1.82) is 0 Å². The number of hydrogen-bond acceptors (Lipinski definition) is 2. The van der Waals surface area contributed by atoms with Gasteiger partial charge in [-0.3, -0.25) is 9.59 Å². The molecule has 5 aromatic rings. The minimum absolute atomic E-state index is 0.152. The molecule has 0 aromatic heterocycles. The molecule has 190 valence electrons. The molecule has 0 spiro atoms. The molecule has 1 aliphatic rings. The number of hydrogen-bond donors (Lipinski definition) is 0. The van der Waals surface area contributed by atoms with Crippen LogP contribution in [-0.2, 0) is 6.16 Å². The second kappa shape index (κ2) is 10.4. The third-order valence-corrected chi connectivity index (χ3v) is 12.2. The zero-order valence-electron chi connectivity index (χ0n) is 20.8. The topological polar surface area (TPSA) is 37.4 Å². The van der Waals surface area contributed by atoms with Crippen LogP contribution in [0.3, 0.4) is 0 Å². The molecule has 0 radical (unpaired) electrons. The van der Waals surface area contributed by atoms with Crippen LogP contribution in [0.5, 0.6) is 0 Å². The summed E-state index contributed by atoms with van der Waals surface area (Å²) in [5.74, 6) is -0.920. The highest BCUT2D eigenvalue weighted by atomic mass is 35.5. The fourth-order valence-corrected chi connectivity index (χ4v) is 10.1. The highest BCUT2D eigenvalue weighted by Crippen LogP contribution is 2.59. The number of carbonyl (C=O) groups is 2. The fourth-order valence-electron chi connectivity index (χ4n) is 5.39. The maximum Gasteiger partial charge on any atom is 0.267 e. The molecule has 1 heterocycles. The molecule has 6 heteroatoms. The van der Waals surface area contributed by atoms with Gasteiger partial charge in [0.25, 0.3) is 11.8 Å². The van der Waals surface area contributed by atoms with Gasteiger partial charge in [0.15, 0.2) is 0 Å². The predicted molar refractivity (Wildman–Crippen MR) is 163 cm³/mol. The Morgan fingerprint density at radius 3 is 1.33 bits per heavy atom. The first-order valence-electron chi connectivity index (χ1n) is 12.5. The lowest BCUT2D eigenvalue weighted by molar-refractivity contribution is 0.0926. The van der Waals surface area contributed by atoms with E-state index in [9.17, 15) is 9.59 Å². The molecule has 3 nitrogen and oxygen atoms in total. The van der Waals surface area contributed by atoms with Crippen molar-refractivity contribution in [2.24, 2.45) is 0 Å². The number of fused-ring (bicyclic) bond motifs is 1. The van der Waals surface area contributed by atoms with Crippen LogP contribution in [0.4, 0.5) is 5.69 Å². The minimum atomic E-state index is -2.28. The highest BCUT2D eigenvalue weighted by Gasteiger charge is 2.47. The smallest absolute Gasteiger partial charge is 0.267 e. The summed E-state index contributed by atoms with van der Waals surface area (Å²) in [5.41, 5.74) is 1.74. The number of benzene rings is 5. The number of carbonyl (C=O) groups excluding carboxylic acids is 2. The van der Waals surface area contributed by atoms with Gasteiger partial charge in [-0.1, -0.05) is 96.0 Å². The van der Waals surface area contributed by atoms with Gasteiger partial charge in [-0.05, 0) is 54.6 Å². The lowest BCUT2D eigenvalue weighted by Crippen LogP contribution is -2.34. The number of para-hydroxylation sites is 1. The zero-order valence-corrected chi connectivity index (χ0v) is 23.2. The monoisotopic (exact) mass is 566 g/mol. The van der Waals surface area contributed by atoms with Crippen molar-refractivity contribution in [3.05, 3.63) is 154 Å². The van der Waals surface area contributed by atoms with Crippen LogP contribution in [0, 0.1) is 0 Å². The van der Waals surface area contributed by atoms with E-state index in [0.717, 1.165) is 5.56 Å². The first kappa shape index (κ1) is 25.5. The Kier molecular flexibility index (Phi) is 6.83. The van der Waals surface area contributed by atoms with E-state index < -0.39 is 19.1 Å². The van der Waals surface area contributed by atoms with Crippen LogP contribution >= 0.6 is 30.5 Å². The predicted octanol–water partition coefficient (Wildman–Crippen LogP) is 7.29. The Morgan fingerprint density at radius 2 is 0.897 bits per heavy atom. The van der Waals surface area contributed by atoms with Gasteiger partial charge in [-0.2, -0.15) is 0 Å². The normalized spacial score (nSPS) is 13.0. The summed E-state index contributed by atoms with van der Waals surface area (Å²) in [7, 11) is -2.28. The van der Waals surface area contributed by atoms with E-state index in [1.807, 2.05) is 42.5 Å². The van der Waals surface area contributed by atoms with E-state index in [1.54, 1.807) is 12.1 Å². The number of amides is 2. The van der Waals surface area contributed by atoms with Crippen molar-refractivity contribution in [2.45, 2.75) is 6.16 Å². The summed E-state index contributed by atoms with van der Waals surface area (Å²) in [5, 5.41) is 4.07. The number of rotatable bonds is 6. The minimum Gasteiger partial charge on any atom is -0.268 e. The van der Waals surface area contributed by atoms with Crippen LogP contribution in [0.1, 0.15) is 26.3 Å². The van der Waals surface area contributed by atoms with E-state index in [-0.39, 0.29) is 21.2 Å². The van der Waals surface area contributed by atoms with E-state index in [1.165, 1.54) is 20.8 Å². The van der Waals surface area contributed by atoms with Crippen molar-refractivity contribution < 1.29 is 9.59 Å². The molecule has 1 aliphatic heterocycles. The summed E-state index contributed by atoms with van der Waals surface area (Å²) in [4.78, 5) is 28.6. The van der Waals surface area contributed by atoms with Crippen molar-refractivity contribution in [3.63, 3.8) is 0 Å². The Hall–Kier alpha value is -3.75. The molecule has 0 N–H and O–H groups in total. The third kappa shape index (κ3) is 4.28. The second-order valence-electron chi connectivity index (χ2n) is 9.33. The van der Waals surface area contributed by atoms with E-state index in [4.69, 9.17) is 23.2 Å². The molecule has 0 unspecified atom stereocenters. The lowest BCUT2D eigenvalue weighted by Gasteiger charge is -2.29. The zero-order chi connectivity index (χ0) is 27.0. The molecule has 5 aromatic carbocycles. The fraction of sp³-hybridized carbons (Fsp3) is 0.0303. The Morgan fingerprint density at radius 1 is 0.513 bits per heavy atom. The van der Waals surface area contributed by atoms with Gasteiger partial charge in [0, 0.05) is 5.56 Å². The van der Waals surface area contributed by atoms with Crippen molar-refractivity contribution in [1.82, 2.24) is 0 Å². The molecule has 0 fully saturated rings. The average molecular weight is 567 g/mol. The van der Waals surface area contributed by atoms with E-state index in [2.05, 4.69) is 72.8 Å². The standard InChI is InChI=1S/C33H23Cl2NO2P/c34-27-20-21-28(35)31-30(27)32(37)36(33(31)38)29-19-11-10-12-23(29)22-39(24-13-4-1-5-14-24,25-15-6-2-7-16-25)26-17-8-3-9-18-26/h1-21H,22H2/q+1. The van der Waals surface area contributed by atoms with Crippen molar-refractivity contribution >= 4 is 63.9 Å². The van der Waals surface area contributed by atoms with Gasteiger partial charge in [-0.25, -0.2) is 4.90 Å². The van der Waals surface area contributed by atoms with Crippen LogP contribution in [0.25, 0.3) is 0 Å². The average Bonchev–Trinajstić information content (AvgIpc) is 3.26. The first-order valence-corrected chi connectivity index (χ1v) is 15.2. The maximum absolute atomic E-state index is 13.7. The summed E-state index contributed by atoms with van der Waals surface area (Å²) in [6, 6.07) is 42.3. The van der Waals surface area contributed by atoms with Crippen LogP contribution in [0.15, 0.2) is 127 Å². The van der Waals surface area contributed by atoms with Gasteiger partial charge in [0.2, 0.25) is 0 Å². The van der Waals surface area contributed by atoms with Crippen molar-refractivity contribution in [2.75, 3.05) is 4.90 Å². The third-order valence-electron chi connectivity index (χ3n) is 7.17. The largest absolute Gasteiger partial charge is 0.268 e.